The number of rotatable bonds is 5. The van der Waals surface area contributed by atoms with Gasteiger partial charge in [0.2, 0.25) is 0 Å². The van der Waals surface area contributed by atoms with Crippen LogP contribution in [0.25, 0.3) is 10.9 Å². The van der Waals surface area contributed by atoms with E-state index in [1.165, 1.54) is 0 Å². The van der Waals surface area contributed by atoms with Crippen LogP contribution in [0.3, 0.4) is 0 Å². The van der Waals surface area contributed by atoms with Gasteiger partial charge in [0.15, 0.2) is 0 Å². The molecular weight excluding hydrogens is 254 g/mol. The number of nitrogens with two attached hydrogens (primary N) is 1. The maximum atomic E-state index is 5.81. The van der Waals surface area contributed by atoms with Crippen LogP contribution in [0.4, 0.5) is 5.69 Å². The molecule has 1 aromatic heterocycles. The van der Waals surface area contributed by atoms with Crippen LogP contribution >= 0.6 is 12.2 Å². The summed E-state index contributed by atoms with van der Waals surface area (Å²) >= 11 is 5.13. The molecule has 0 aliphatic heterocycles. The number of benzene rings is 1. The fourth-order valence-electron chi connectivity index (χ4n) is 2.24. The molecule has 3 N–H and O–H groups in total. The lowest BCUT2D eigenvalue weighted by molar-refractivity contribution is 0.691. The number of para-hydroxylation sites is 1. The van der Waals surface area contributed by atoms with Crippen molar-refractivity contribution in [2.45, 2.75) is 32.7 Å². The van der Waals surface area contributed by atoms with Crippen LogP contribution < -0.4 is 11.1 Å². The standard InChI is InChI=1S/C15H19N3S/c1-3-6-10(2)18-14-11-7-4-5-8-13(11)17-9-12(14)15(16)19/h4-5,7-10H,3,6H2,1-2H3,(H2,16,19)(H,17,18). The highest BCUT2D eigenvalue weighted by Gasteiger charge is 2.12. The molecule has 4 heteroatoms. The van der Waals surface area contributed by atoms with Gasteiger partial charge in [0, 0.05) is 17.6 Å². The molecule has 0 spiro atoms. The van der Waals surface area contributed by atoms with Crippen LogP contribution in [-0.2, 0) is 0 Å². The Hall–Kier alpha value is -1.68. The molecule has 0 fully saturated rings. The Morgan fingerprint density at radius 3 is 2.84 bits per heavy atom. The number of hydrogen-bond donors (Lipinski definition) is 2. The minimum absolute atomic E-state index is 0.379. The molecule has 0 aliphatic rings. The van der Waals surface area contributed by atoms with Crippen molar-refractivity contribution in [1.82, 2.24) is 4.98 Å². The number of pyridine rings is 1. The minimum Gasteiger partial charge on any atom is -0.389 e. The van der Waals surface area contributed by atoms with Crippen molar-refractivity contribution in [3.05, 3.63) is 36.0 Å². The lowest BCUT2D eigenvalue weighted by atomic mass is 10.1. The molecule has 100 valence electrons. The van der Waals surface area contributed by atoms with Crippen molar-refractivity contribution in [2.75, 3.05) is 5.32 Å². The zero-order chi connectivity index (χ0) is 13.8. The van der Waals surface area contributed by atoms with E-state index in [4.69, 9.17) is 18.0 Å². The summed E-state index contributed by atoms with van der Waals surface area (Å²) in [6.07, 6.45) is 4.00. The molecule has 1 heterocycles. The summed E-state index contributed by atoms with van der Waals surface area (Å²) in [5.41, 5.74) is 8.57. The number of thiocarbonyl (C=S) groups is 1. The van der Waals surface area contributed by atoms with Gasteiger partial charge < -0.3 is 11.1 Å². The summed E-state index contributed by atoms with van der Waals surface area (Å²) < 4.78 is 0. The monoisotopic (exact) mass is 273 g/mol. The van der Waals surface area contributed by atoms with E-state index >= 15 is 0 Å². The molecule has 1 unspecified atom stereocenters. The van der Waals surface area contributed by atoms with Crippen LogP contribution in [0.5, 0.6) is 0 Å². The zero-order valence-corrected chi connectivity index (χ0v) is 12.1. The maximum absolute atomic E-state index is 5.81. The summed E-state index contributed by atoms with van der Waals surface area (Å²) in [5.74, 6) is 0. The second-order valence-electron chi connectivity index (χ2n) is 4.76. The SMILES string of the molecule is CCCC(C)Nc1c(C(N)=S)cnc2ccccc12. The molecule has 0 saturated carbocycles. The van der Waals surface area contributed by atoms with Crippen LogP contribution in [0.1, 0.15) is 32.3 Å². The van der Waals surface area contributed by atoms with E-state index in [1.807, 2.05) is 24.3 Å². The van der Waals surface area contributed by atoms with Crippen LogP contribution in [0, 0.1) is 0 Å². The smallest absolute Gasteiger partial charge is 0.107 e. The van der Waals surface area contributed by atoms with Crippen molar-refractivity contribution in [3.63, 3.8) is 0 Å². The van der Waals surface area contributed by atoms with E-state index in [9.17, 15) is 0 Å². The lowest BCUT2D eigenvalue weighted by Gasteiger charge is -2.19. The largest absolute Gasteiger partial charge is 0.389 e. The van der Waals surface area contributed by atoms with Gasteiger partial charge in [-0.05, 0) is 19.4 Å². The van der Waals surface area contributed by atoms with Crippen molar-refractivity contribution in [2.24, 2.45) is 5.73 Å². The number of hydrogen-bond acceptors (Lipinski definition) is 3. The third-order valence-corrected chi connectivity index (χ3v) is 3.37. The third kappa shape index (κ3) is 3.01. The molecule has 1 atom stereocenters. The Labute approximate surface area is 119 Å². The minimum atomic E-state index is 0.379. The van der Waals surface area contributed by atoms with Crippen molar-refractivity contribution >= 4 is 33.8 Å². The molecule has 0 aliphatic carbocycles. The fraction of sp³-hybridized carbons (Fsp3) is 0.333. The summed E-state index contributed by atoms with van der Waals surface area (Å²) in [7, 11) is 0. The molecule has 0 amide bonds. The molecule has 0 radical (unpaired) electrons. The molecule has 1 aromatic carbocycles. The molecule has 0 bridgehead atoms. The van der Waals surface area contributed by atoms with E-state index < -0.39 is 0 Å². The van der Waals surface area contributed by atoms with Gasteiger partial charge >= 0.3 is 0 Å². The summed E-state index contributed by atoms with van der Waals surface area (Å²) in [4.78, 5) is 4.79. The Kier molecular flexibility index (Phi) is 4.32. The molecule has 0 saturated heterocycles. The third-order valence-electron chi connectivity index (χ3n) is 3.15. The van der Waals surface area contributed by atoms with E-state index in [2.05, 4.69) is 24.1 Å². The summed E-state index contributed by atoms with van der Waals surface area (Å²) in [6.45, 7) is 4.35. The van der Waals surface area contributed by atoms with Gasteiger partial charge in [-0.1, -0.05) is 43.8 Å². The van der Waals surface area contributed by atoms with Gasteiger partial charge in [0.25, 0.3) is 0 Å². The molecule has 3 nitrogen and oxygen atoms in total. The average molecular weight is 273 g/mol. The van der Waals surface area contributed by atoms with Gasteiger partial charge in [-0.15, -0.1) is 0 Å². The van der Waals surface area contributed by atoms with Crippen LogP contribution in [-0.4, -0.2) is 16.0 Å². The summed E-state index contributed by atoms with van der Waals surface area (Å²) in [5, 5.41) is 4.59. The fourth-order valence-corrected chi connectivity index (χ4v) is 2.39. The topological polar surface area (TPSA) is 50.9 Å². The first kappa shape index (κ1) is 13.7. The Morgan fingerprint density at radius 1 is 1.42 bits per heavy atom. The van der Waals surface area contributed by atoms with Gasteiger partial charge in [-0.2, -0.15) is 0 Å². The number of nitrogens with one attached hydrogen (secondary N) is 1. The Bertz CT molecular complexity index is 595. The Balaban J connectivity index is 2.52. The van der Waals surface area contributed by atoms with Crippen LogP contribution in [0.2, 0.25) is 0 Å². The van der Waals surface area contributed by atoms with Crippen molar-refractivity contribution in [3.8, 4) is 0 Å². The van der Waals surface area contributed by atoms with Crippen molar-refractivity contribution in [1.29, 1.82) is 0 Å². The highest BCUT2D eigenvalue weighted by molar-refractivity contribution is 7.80. The number of aromatic nitrogens is 1. The highest BCUT2D eigenvalue weighted by atomic mass is 32.1. The zero-order valence-electron chi connectivity index (χ0n) is 11.3. The van der Waals surface area contributed by atoms with Gasteiger partial charge in [-0.3, -0.25) is 4.98 Å². The van der Waals surface area contributed by atoms with Crippen LogP contribution in [0.15, 0.2) is 30.5 Å². The predicted octanol–water partition coefficient (Wildman–Crippen LogP) is 3.47. The van der Waals surface area contributed by atoms with Gasteiger partial charge in [0.1, 0.15) is 4.99 Å². The Morgan fingerprint density at radius 2 is 2.16 bits per heavy atom. The second kappa shape index (κ2) is 5.97. The number of nitrogens with zero attached hydrogens (tertiary/aromatic N) is 1. The molecule has 19 heavy (non-hydrogen) atoms. The normalized spacial score (nSPS) is 12.3. The van der Waals surface area contributed by atoms with E-state index in [0.29, 0.717) is 11.0 Å². The number of fused-ring (bicyclic) bond motifs is 1. The second-order valence-corrected chi connectivity index (χ2v) is 5.20. The van der Waals surface area contributed by atoms with Gasteiger partial charge in [0.05, 0.1) is 16.8 Å². The predicted molar refractivity (Wildman–Crippen MR) is 85.6 cm³/mol. The molecule has 2 rings (SSSR count). The van der Waals surface area contributed by atoms with E-state index in [-0.39, 0.29) is 0 Å². The summed E-state index contributed by atoms with van der Waals surface area (Å²) in [6, 6.07) is 8.40. The van der Waals surface area contributed by atoms with Gasteiger partial charge in [-0.25, -0.2) is 0 Å². The first-order valence-electron chi connectivity index (χ1n) is 6.57. The lowest BCUT2D eigenvalue weighted by Crippen LogP contribution is -2.20. The quantitative estimate of drug-likeness (QED) is 0.819. The maximum Gasteiger partial charge on any atom is 0.107 e. The van der Waals surface area contributed by atoms with E-state index in [1.54, 1.807) is 6.20 Å². The first-order chi connectivity index (χ1) is 9.13. The molecular formula is C15H19N3S. The highest BCUT2D eigenvalue weighted by Crippen LogP contribution is 2.27. The van der Waals surface area contributed by atoms with Crippen molar-refractivity contribution < 1.29 is 0 Å². The average Bonchev–Trinajstić information content (AvgIpc) is 2.39. The number of anilines is 1. The van der Waals surface area contributed by atoms with E-state index in [0.717, 1.165) is 35.0 Å². The molecule has 2 aromatic rings. The first-order valence-corrected chi connectivity index (χ1v) is 6.98.